The second-order valence-corrected chi connectivity index (χ2v) is 8.25. The van der Waals surface area contributed by atoms with E-state index in [2.05, 4.69) is 0 Å². The molecule has 2 heterocycles. The van der Waals surface area contributed by atoms with Crippen molar-refractivity contribution in [2.24, 2.45) is 0 Å². The molecule has 1 amide bonds. The van der Waals surface area contributed by atoms with Gasteiger partial charge in [-0.2, -0.15) is 0 Å². The van der Waals surface area contributed by atoms with Crippen molar-refractivity contribution in [3.63, 3.8) is 0 Å². The van der Waals surface area contributed by atoms with Crippen molar-refractivity contribution in [2.45, 2.75) is 26.4 Å². The predicted molar refractivity (Wildman–Crippen MR) is 115 cm³/mol. The van der Waals surface area contributed by atoms with Gasteiger partial charge in [0.15, 0.2) is 0 Å². The van der Waals surface area contributed by atoms with Crippen molar-refractivity contribution in [3.05, 3.63) is 98.7 Å². The molecule has 1 fully saturated rings. The highest BCUT2D eigenvalue weighted by Crippen LogP contribution is 2.40. The number of aryl methyl sites for hydroxylation is 2. The number of rotatable bonds is 4. The van der Waals surface area contributed by atoms with E-state index in [-0.39, 0.29) is 11.3 Å². The molecule has 4 rings (SSSR count). The van der Waals surface area contributed by atoms with Gasteiger partial charge in [-0.1, -0.05) is 48.5 Å². The summed E-state index contributed by atoms with van der Waals surface area (Å²) in [4.78, 5) is 28.4. The van der Waals surface area contributed by atoms with Gasteiger partial charge in [0.1, 0.15) is 5.76 Å². The van der Waals surface area contributed by atoms with Crippen LogP contribution in [0.3, 0.4) is 0 Å². The van der Waals surface area contributed by atoms with Crippen molar-refractivity contribution < 1.29 is 14.7 Å². The Hall–Kier alpha value is -3.18. The quantitative estimate of drug-likeness (QED) is 0.379. The maximum absolute atomic E-state index is 13.0. The Bertz CT molecular complexity index is 1100. The minimum atomic E-state index is -0.647. The van der Waals surface area contributed by atoms with Crippen LogP contribution < -0.4 is 0 Å². The molecule has 1 aromatic heterocycles. The number of carbonyl (C=O) groups excluding carboxylic acids is 2. The molecule has 0 saturated carbocycles. The lowest BCUT2D eigenvalue weighted by atomic mass is 9.94. The van der Waals surface area contributed by atoms with Crippen LogP contribution in [-0.4, -0.2) is 21.7 Å². The van der Waals surface area contributed by atoms with Gasteiger partial charge in [-0.25, -0.2) is 0 Å². The number of amides is 1. The standard InChI is InChI=1S/C24H21NO3S/c1-15-10-11-18(13-16(15)2)22(26)20-21(17-7-4-3-5-8-17)25(24(28)23(20)27)14-19-9-6-12-29-19/h3-13,21,26H,14H2,1-2H3/b22-20-. The highest BCUT2D eigenvalue weighted by atomic mass is 32.1. The van der Waals surface area contributed by atoms with Crippen molar-refractivity contribution in [1.82, 2.24) is 4.90 Å². The summed E-state index contributed by atoms with van der Waals surface area (Å²) in [6.07, 6.45) is 0. The zero-order chi connectivity index (χ0) is 20.5. The Kier molecular flexibility index (Phi) is 5.07. The maximum atomic E-state index is 13.0. The van der Waals surface area contributed by atoms with Crippen molar-refractivity contribution in [1.29, 1.82) is 0 Å². The fourth-order valence-corrected chi connectivity index (χ4v) is 4.34. The molecule has 0 spiro atoms. The molecular formula is C24H21NO3S. The number of thiophene rings is 1. The fourth-order valence-electron chi connectivity index (χ4n) is 3.64. The molecule has 1 saturated heterocycles. The monoisotopic (exact) mass is 403 g/mol. The first-order valence-corrected chi connectivity index (χ1v) is 10.3. The highest BCUT2D eigenvalue weighted by molar-refractivity contribution is 7.09. The number of likely N-dealkylation sites (tertiary alicyclic amines) is 1. The molecule has 4 nitrogen and oxygen atoms in total. The first kappa shape index (κ1) is 19.2. The minimum Gasteiger partial charge on any atom is -0.507 e. The summed E-state index contributed by atoms with van der Waals surface area (Å²) in [6, 6.07) is 18.2. The van der Waals surface area contributed by atoms with Gasteiger partial charge in [0.2, 0.25) is 0 Å². The van der Waals surface area contributed by atoms with Gasteiger partial charge >= 0.3 is 0 Å². The first-order valence-electron chi connectivity index (χ1n) is 9.40. The van der Waals surface area contributed by atoms with E-state index >= 15 is 0 Å². The lowest BCUT2D eigenvalue weighted by Gasteiger charge is -2.25. The van der Waals surface area contributed by atoms with E-state index in [1.807, 2.05) is 73.8 Å². The van der Waals surface area contributed by atoms with Crippen LogP contribution in [0.15, 0.2) is 71.6 Å². The van der Waals surface area contributed by atoms with Gasteiger partial charge in [0.25, 0.3) is 11.7 Å². The fraction of sp³-hybridized carbons (Fsp3) is 0.167. The van der Waals surface area contributed by atoms with Crippen LogP contribution in [0.25, 0.3) is 5.76 Å². The zero-order valence-corrected chi connectivity index (χ0v) is 17.1. The zero-order valence-electron chi connectivity index (χ0n) is 16.3. The Balaban J connectivity index is 1.87. The van der Waals surface area contributed by atoms with Crippen LogP contribution in [0.2, 0.25) is 0 Å². The van der Waals surface area contributed by atoms with Crippen molar-refractivity contribution in [2.75, 3.05) is 0 Å². The van der Waals surface area contributed by atoms with Crippen LogP contribution in [-0.2, 0) is 16.1 Å². The lowest BCUT2D eigenvalue weighted by molar-refractivity contribution is -0.140. The number of hydrogen-bond acceptors (Lipinski definition) is 4. The molecule has 1 aliphatic rings. The molecule has 146 valence electrons. The van der Waals surface area contributed by atoms with Crippen molar-refractivity contribution in [3.8, 4) is 0 Å². The number of Topliss-reactive ketones (excluding diaryl/α,β-unsaturated/α-hetero) is 1. The lowest BCUT2D eigenvalue weighted by Crippen LogP contribution is -2.28. The third-order valence-electron chi connectivity index (χ3n) is 5.34. The van der Waals surface area contributed by atoms with Gasteiger partial charge in [-0.3, -0.25) is 9.59 Å². The summed E-state index contributed by atoms with van der Waals surface area (Å²) in [7, 11) is 0. The van der Waals surface area contributed by atoms with Gasteiger partial charge in [-0.15, -0.1) is 11.3 Å². The predicted octanol–water partition coefficient (Wildman–Crippen LogP) is 4.99. The number of aliphatic hydroxyl groups excluding tert-OH is 1. The second kappa shape index (κ2) is 7.68. The SMILES string of the molecule is Cc1ccc(/C(O)=C2/C(=O)C(=O)N(Cc3cccs3)C2c2ccccc2)cc1C. The molecule has 5 heteroatoms. The van der Waals surface area contributed by atoms with Crippen LogP contribution in [0.5, 0.6) is 0 Å². The van der Waals surface area contributed by atoms with Crippen LogP contribution in [0.4, 0.5) is 0 Å². The Morgan fingerprint density at radius 2 is 1.76 bits per heavy atom. The number of hydrogen-bond donors (Lipinski definition) is 1. The normalized spacial score (nSPS) is 18.4. The molecule has 1 aliphatic heterocycles. The molecule has 0 aliphatic carbocycles. The minimum absolute atomic E-state index is 0.131. The second-order valence-electron chi connectivity index (χ2n) is 7.22. The number of nitrogens with zero attached hydrogens (tertiary/aromatic N) is 1. The summed E-state index contributed by atoms with van der Waals surface area (Å²) < 4.78 is 0. The molecule has 1 N–H and O–H groups in total. The van der Waals surface area contributed by atoms with Gasteiger partial charge < -0.3 is 10.0 Å². The summed E-state index contributed by atoms with van der Waals surface area (Å²) >= 11 is 1.54. The third kappa shape index (κ3) is 3.49. The summed E-state index contributed by atoms with van der Waals surface area (Å²) in [5, 5.41) is 13.0. The summed E-state index contributed by atoms with van der Waals surface area (Å²) in [5.41, 5.74) is 3.59. The van der Waals surface area contributed by atoms with Crippen LogP contribution >= 0.6 is 11.3 Å². The van der Waals surface area contributed by atoms with Gasteiger partial charge in [0, 0.05) is 10.4 Å². The van der Waals surface area contributed by atoms with E-state index in [1.54, 1.807) is 11.0 Å². The Labute approximate surface area is 173 Å². The molecular weight excluding hydrogens is 382 g/mol. The van der Waals surface area contributed by atoms with Crippen LogP contribution in [0.1, 0.15) is 33.2 Å². The number of carbonyl (C=O) groups is 2. The van der Waals surface area contributed by atoms with E-state index in [1.165, 1.54) is 11.3 Å². The van der Waals surface area contributed by atoms with E-state index in [4.69, 9.17) is 0 Å². The van der Waals surface area contributed by atoms with Crippen molar-refractivity contribution >= 4 is 28.8 Å². The molecule has 2 aromatic carbocycles. The first-order chi connectivity index (χ1) is 14.0. The topological polar surface area (TPSA) is 57.6 Å². The third-order valence-corrected chi connectivity index (χ3v) is 6.20. The van der Waals surface area contributed by atoms with E-state index in [0.29, 0.717) is 12.1 Å². The summed E-state index contributed by atoms with van der Waals surface area (Å²) in [5.74, 6) is -1.36. The Morgan fingerprint density at radius 3 is 2.41 bits per heavy atom. The number of benzene rings is 2. The molecule has 0 bridgehead atoms. The molecule has 1 unspecified atom stereocenters. The average Bonchev–Trinajstić information content (AvgIpc) is 3.32. The summed E-state index contributed by atoms with van der Waals surface area (Å²) in [6.45, 7) is 4.27. The van der Waals surface area contributed by atoms with E-state index in [0.717, 1.165) is 21.6 Å². The van der Waals surface area contributed by atoms with E-state index in [9.17, 15) is 14.7 Å². The largest absolute Gasteiger partial charge is 0.507 e. The highest BCUT2D eigenvalue weighted by Gasteiger charge is 2.46. The smallest absolute Gasteiger partial charge is 0.295 e. The van der Waals surface area contributed by atoms with Crippen LogP contribution in [0, 0.1) is 13.8 Å². The number of aliphatic hydroxyl groups is 1. The number of ketones is 1. The van der Waals surface area contributed by atoms with Gasteiger partial charge in [-0.05, 0) is 48.1 Å². The van der Waals surface area contributed by atoms with E-state index < -0.39 is 17.7 Å². The molecule has 1 atom stereocenters. The molecule has 29 heavy (non-hydrogen) atoms. The molecule has 0 radical (unpaired) electrons. The molecule has 3 aromatic rings. The maximum Gasteiger partial charge on any atom is 0.295 e. The average molecular weight is 404 g/mol. The van der Waals surface area contributed by atoms with Gasteiger partial charge in [0.05, 0.1) is 18.2 Å². The Morgan fingerprint density at radius 1 is 1.00 bits per heavy atom.